The van der Waals surface area contributed by atoms with Crippen molar-refractivity contribution in [3.05, 3.63) is 205 Å². The summed E-state index contributed by atoms with van der Waals surface area (Å²) in [5.41, 5.74) is 13.8. The first-order valence-electron chi connectivity index (χ1n) is 20.6. The van der Waals surface area contributed by atoms with E-state index >= 15 is 0 Å². The van der Waals surface area contributed by atoms with Crippen molar-refractivity contribution in [2.24, 2.45) is 0 Å². The first kappa shape index (κ1) is 34.4. The third-order valence-corrected chi connectivity index (χ3v) is 12.5. The molecular weight excluding hydrogens is 729 g/mol. The Morgan fingerprint density at radius 2 is 0.867 bits per heavy atom. The van der Waals surface area contributed by atoms with Crippen LogP contribution in [0.5, 0.6) is 0 Å². The van der Waals surface area contributed by atoms with Crippen LogP contribution >= 0.6 is 0 Å². The highest BCUT2D eigenvalue weighted by Crippen LogP contribution is 2.57. The highest BCUT2D eigenvalue weighted by molar-refractivity contribution is 6.21. The molecular formula is C56H38N4. The maximum Gasteiger partial charge on any atom is 0.164 e. The van der Waals surface area contributed by atoms with Gasteiger partial charge in [0, 0.05) is 38.6 Å². The molecule has 1 aliphatic carbocycles. The van der Waals surface area contributed by atoms with Gasteiger partial charge in [-0.1, -0.05) is 184 Å². The van der Waals surface area contributed by atoms with Crippen LogP contribution in [0.1, 0.15) is 25.0 Å². The van der Waals surface area contributed by atoms with Gasteiger partial charge in [0.25, 0.3) is 0 Å². The molecule has 0 saturated heterocycles. The maximum absolute atomic E-state index is 5.04. The standard InChI is InChI=1S/C56H38N4/c1-56(2)50-45-29-12-10-26-42(45)41-25-9-11-28-44(41)49(50)47-32-31-46-43-27-13-14-30-48(43)60(52(46)51(47)56)40-24-16-22-38(34-40)37-21-15-23-39(33-37)55-58-53(35-17-5-3-6-18-35)57-54(59-55)36-19-7-4-8-20-36/h3-34H,1-2H3. The summed E-state index contributed by atoms with van der Waals surface area (Å²) in [6.45, 7) is 4.85. The maximum atomic E-state index is 5.04. The topological polar surface area (TPSA) is 43.6 Å². The summed E-state index contributed by atoms with van der Waals surface area (Å²) in [5, 5.41) is 7.77. The van der Waals surface area contributed by atoms with Crippen LogP contribution in [0.4, 0.5) is 0 Å². The molecule has 4 heteroatoms. The number of hydrogen-bond donors (Lipinski definition) is 0. The van der Waals surface area contributed by atoms with Gasteiger partial charge in [-0.3, -0.25) is 0 Å². The van der Waals surface area contributed by atoms with Crippen molar-refractivity contribution in [2.75, 3.05) is 0 Å². The SMILES string of the molecule is CC1(C)c2c(c3ccccc3c3ccccc23)-c2ccc3c4ccccc4n(-c4cccc(-c5cccc(-c6nc(-c7ccccc7)nc(-c7ccccc7)n6)c5)c4)c3c21. The highest BCUT2D eigenvalue weighted by atomic mass is 15.0. The van der Waals surface area contributed by atoms with Crippen LogP contribution < -0.4 is 0 Å². The van der Waals surface area contributed by atoms with E-state index in [0.717, 1.165) is 33.5 Å². The molecule has 0 atom stereocenters. The molecule has 0 bridgehead atoms. The Balaban J connectivity index is 1.05. The summed E-state index contributed by atoms with van der Waals surface area (Å²) in [4.78, 5) is 15.0. The number of hydrogen-bond acceptors (Lipinski definition) is 3. The fourth-order valence-corrected chi connectivity index (χ4v) is 9.96. The molecule has 1 aliphatic rings. The Hall–Kier alpha value is -7.69. The number of rotatable bonds is 5. The molecule has 0 spiro atoms. The van der Waals surface area contributed by atoms with Crippen LogP contribution in [-0.4, -0.2) is 19.5 Å². The minimum atomic E-state index is -0.270. The zero-order valence-electron chi connectivity index (χ0n) is 33.3. The van der Waals surface area contributed by atoms with Gasteiger partial charge in [-0.2, -0.15) is 0 Å². The number of para-hydroxylation sites is 1. The molecule has 12 rings (SSSR count). The molecule has 0 unspecified atom stereocenters. The summed E-state index contributed by atoms with van der Waals surface area (Å²) >= 11 is 0. The molecule has 2 heterocycles. The lowest BCUT2D eigenvalue weighted by molar-refractivity contribution is 0.670. The summed E-state index contributed by atoms with van der Waals surface area (Å²) in [5.74, 6) is 1.94. The summed E-state index contributed by atoms with van der Waals surface area (Å²) < 4.78 is 2.51. The normalized spacial score (nSPS) is 13.0. The summed E-state index contributed by atoms with van der Waals surface area (Å²) in [7, 11) is 0. The molecule has 60 heavy (non-hydrogen) atoms. The van der Waals surface area contributed by atoms with E-state index in [1.54, 1.807) is 0 Å². The Morgan fingerprint density at radius 3 is 1.55 bits per heavy atom. The van der Waals surface area contributed by atoms with Gasteiger partial charge in [-0.05, 0) is 79.2 Å². The van der Waals surface area contributed by atoms with E-state index in [1.807, 2.05) is 60.7 Å². The van der Waals surface area contributed by atoms with Crippen molar-refractivity contribution in [3.8, 4) is 62.1 Å². The molecule has 0 saturated carbocycles. The van der Waals surface area contributed by atoms with E-state index in [1.165, 1.54) is 65.6 Å². The fraction of sp³-hybridized carbons (Fsp3) is 0.0536. The lowest BCUT2D eigenvalue weighted by Gasteiger charge is -2.25. The summed E-state index contributed by atoms with van der Waals surface area (Å²) in [6, 6.07) is 69.4. The molecule has 0 amide bonds. The summed E-state index contributed by atoms with van der Waals surface area (Å²) in [6.07, 6.45) is 0. The highest BCUT2D eigenvalue weighted by Gasteiger charge is 2.41. The largest absolute Gasteiger partial charge is 0.309 e. The number of fused-ring (bicyclic) bond motifs is 12. The van der Waals surface area contributed by atoms with Gasteiger partial charge in [0.2, 0.25) is 0 Å². The van der Waals surface area contributed by atoms with E-state index in [0.29, 0.717) is 17.5 Å². The molecule has 11 aromatic rings. The predicted octanol–water partition coefficient (Wildman–Crippen LogP) is 14.2. The van der Waals surface area contributed by atoms with Gasteiger partial charge in [0.05, 0.1) is 11.0 Å². The van der Waals surface area contributed by atoms with Crippen LogP contribution in [0, 0.1) is 0 Å². The van der Waals surface area contributed by atoms with Crippen LogP contribution in [-0.2, 0) is 5.41 Å². The fourth-order valence-electron chi connectivity index (χ4n) is 9.96. The zero-order chi connectivity index (χ0) is 40.0. The van der Waals surface area contributed by atoms with E-state index in [9.17, 15) is 0 Å². The van der Waals surface area contributed by atoms with Crippen LogP contribution in [0.25, 0.3) is 105 Å². The smallest absolute Gasteiger partial charge is 0.164 e. The van der Waals surface area contributed by atoms with Crippen molar-refractivity contribution in [1.82, 2.24) is 19.5 Å². The van der Waals surface area contributed by atoms with Gasteiger partial charge in [0.1, 0.15) is 0 Å². The lowest BCUT2D eigenvalue weighted by Crippen LogP contribution is -2.17. The number of aromatic nitrogens is 4. The third kappa shape index (κ3) is 5.14. The Bertz CT molecular complexity index is 3450. The van der Waals surface area contributed by atoms with Crippen molar-refractivity contribution < 1.29 is 0 Å². The Morgan fingerprint density at radius 1 is 0.367 bits per heavy atom. The van der Waals surface area contributed by atoms with Crippen molar-refractivity contribution in [2.45, 2.75) is 19.3 Å². The Labute approximate surface area is 348 Å². The van der Waals surface area contributed by atoms with Crippen LogP contribution in [0.15, 0.2) is 194 Å². The molecule has 0 aliphatic heterocycles. The van der Waals surface area contributed by atoms with Gasteiger partial charge in [-0.25, -0.2) is 15.0 Å². The van der Waals surface area contributed by atoms with E-state index < -0.39 is 0 Å². The van der Waals surface area contributed by atoms with Gasteiger partial charge in [0.15, 0.2) is 17.5 Å². The second kappa shape index (κ2) is 13.2. The molecule has 0 N–H and O–H groups in total. The van der Waals surface area contributed by atoms with Crippen molar-refractivity contribution >= 4 is 43.4 Å². The van der Waals surface area contributed by atoms with Crippen molar-refractivity contribution in [1.29, 1.82) is 0 Å². The molecule has 0 radical (unpaired) electrons. The molecule has 4 nitrogen and oxygen atoms in total. The van der Waals surface area contributed by atoms with Crippen LogP contribution in [0.2, 0.25) is 0 Å². The lowest BCUT2D eigenvalue weighted by atomic mass is 9.78. The van der Waals surface area contributed by atoms with Crippen molar-refractivity contribution in [3.63, 3.8) is 0 Å². The van der Waals surface area contributed by atoms with Crippen LogP contribution in [0.3, 0.4) is 0 Å². The average molecular weight is 767 g/mol. The van der Waals surface area contributed by atoms with Gasteiger partial charge >= 0.3 is 0 Å². The second-order valence-corrected chi connectivity index (χ2v) is 16.4. The minimum Gasteiger partial charge on any atom is -0.309 e. The van der Waals surface area contributed by atoms with E-state index in [4.69, 9.17) is 15.0 Å². The van der Waals surface area contributed by atoms with E-state index in [-0.39, 0.29) is 5.41 Å². The molecule has 9 aromatic carbocycles. The minimum absolute atomic E-state index is 0.270. The molecule has 282 valence electrons. The molecule has 2 aromatic heterocycles. The Kier molecular flexibility index (Phi) is 7.54. The quantitative estimate of drug-likeness (QED) is 0.164. The van der Waals surface area contributed by atoms with Gasteiger partial charge < -0.3 is 4.57 Å². The predicted molar refractivity (Wildman–Crippen MR) is 248 cm³/mol. The number of benzene rings is 9. The first-order chi connectivity index (χ1) is 29.5. The zero-order valence-corrected chi connectivity index (χ0v) is 33.3. The monoisotopic (exact) mass is 766 g/mol. The molecule has 0 fully saturated rings. The average Bonchev–Trinajstić information content (AvgIpc) is 3.78. The van der Waals surface area contributed by atoms with E-state index in [2.05, 4.69) is 152 Å². The third-order valence-electron chi connectivity index (χ3n) is 12.5. The first-order valence-corrected chi connectivity index (χ1v) is 20.6. The van der Waals surface area contributed by atoms with Gasteiger partial charge in [-0.15, -0.1) is 0 Å². The second-order valence-electron chi connectivity index (χ2n) is 16.4. The number of nitrogens with zero attached hydrogens (tertiary/aromatic N) is 4.